The van der Waals surface area contributed by atoms with Crippen LogP contribution in [-0.2, 0) is 0 Å². The molecule has 20 heavy (non-hydrogen) atoms. The van der Waals surface area contributed by atoms with E-state index < -0.39 is 11.7 Å². The number of hydrogen-bond acceptors (Lipinski definition) is 3. The summed E-state index contributed by atoms with van der Waals surface area (Å²) in [5.74, 6) is -1.12. The van der Waals surface area contributed by atoms with Gasteiger partial charge in [0.25, 0.3) is 5.91 Å². The number of primary amides is 1. The molecule has 0 aliphatic heterocycles. The first kappa shape index (κ1) is 14.4. The topological polar surface area (TPSA) is 69.1 Å². The number of carbonyl (C=O) groups excluding carboxylic acids is 1. The van der Waals surface area contributed by atoms with Crippen LogP contribution in [0.15, 0.2) is 40.1 Å². The Kier molecular flexibility index (Phi) is 3.99. The smallest absolute Gasteiger partial charge is 0.250 e. The summed E-state index contributed by atoms with van der Waals surface area (Å²) in [5, 5.41) is 0. The predicted octanol–water partition coefficient (Wildman–Crippen LogP) is 3.27. The van der Waals surface area contributed by atoms with Crippen molar-refractivity contribution in [3.05, 3.63) is 52.8 Å². The van der Waals surface area contributed by atoms with Crippen LogP contribution in [-0.4, -0.2) is 5.91 Å². The number of carbonyl (C=O) groups is 1. The molecule has 104 valence electrons. The molecule has 2 aromatic rings. The Bertz CT molecular complexity index is 686. The summed E-state index contributed by atoms with van der Waals surface area (Å²) in [6, 6.07) is 8.38. The van der Waals surface area contributed by atoms with E-state index >= 15 is 0 Å². The summed E-state index contributed by atoms with van der Waals surface area (Å²) in [4.78, 5) is 12.5. The second kappa shape index (κ2) is 5.54. The maximum atomic E-state index is 13.9. The molecule has 4 N–H and O–H groups in total. The maximum absolute atomic E-state index is 13.9. The molecule has 0 radical (unpaired) electrons. The Balaban J connectivity index is 2.40. The minimum absolute atomic E-state index is 0.0550. The van der Waals surface area contributed by atoms with Gasteiger partial charge in [0.05, 0.1) is 5.56 Å². The predicted molar refractivity (Wildman–Crippen MR) is 79.4 cm³/mol. The van der Waals surface area contributed by atoms with Crippen molar-refractivity contribution in [2.24, 2.45) is 5.73 Å². The first-order valence-corrected chi connectivity index (χ1v) is 6.84. The molecule has 0 saturated carbocycles. The maximum Gasteiger partial charge on any atom is 0.250 e. The number of benzene rings is 2. The summed E-state index contributed by atoms with van der Waals surface area (Å²) in [6.07, 6.45) is 0. The molecular weight excluding hydrogens is 275 g/mol. The highest BCUT2D eigenvalue weighted by atomic mass is 32.2. The summed E-state index contributed by atoms with van der Waals surface area (Å²) in [7, 11) is 0. The highest BCUT2D eigenvalue weighted by Crippen LogP contribution is 2.33. The molecule has 0 unspecified atom stereocenters. The second-order valence-corrected chi connectivity index (χ2v) is 5.70. The lowest BCUT2D eigenvalue weighted by molar-refractivity contribution is 0.100. The summed E-state index contributed by atoms with van der Waals surface area (Å²) in [6.45, 7) is 4.01. The highest BCUT2D eigenvalue weighted by Gasteiger charge is 2.13. The molecule has 0 spiro atoms. The average molecular weight is 290 g/mol. The van der Waals surface area contributed by atoms with E-state index in [1.165, 1.54) is 23.4 Å². The van der Waals surface area contributed by atoms with E-state index in [0.29, 0.717) is 4.90 Å². The minimum atomic E-state index is -0.663. The van der Waals surface area contributed by atoms with Gasteiger partial charge in [0.1, 0.15) is 5.82 Å². The molecule has 0 fully saturated rings. The lowest BCUT2D eigenvalue weighted by atomic mass is 10.1. The van der Waals surface area contributed by atoms with Crippen LogP contribution < -0.4 is 11.5 Å². The molecule has 0 saturated heterocycles. The van der Waals surface area contributed by atoms with E-state index in [1.54, 1.807) is 0 Å². The number of halogens is 1. The van der Waals surface area contributed by atoms with Crippen LogP contribution >= 0.6 is 11.8 Å². The van der Waals surface area contributed by atoms with Crippen molar-refractivity contribution >= 4 is 23.4 Å². The van der Waals surface area contributed by atoms with Crippen LogP contribution in [0, 0.1) is 19.7 Å². The number of nitrogens with two attached hydrogens (primary N) is 2. The largest absolute Gasteiger partial charge is 0.398 e. The van der Waals surface area contributed by atoms with Crippen LogP contribution in [0.4, 0.5) is 10.1 Å². The molecule has 2 rings (SSSR count). The Morgan fingerprint density at radius 1 is 1.15 bits per heavy atom. The molecule has 5 heteroatoms. The fourth-order valence-electron chi connectivity index (χ4n) is 1.76. The van der Waals surface area contributed by atoms with Crippen molar-refractivity contribution in [1.29, 1.82) is 0 Å². The molecule has 0 aromatic heterocycles. The SMILES string of the molecule is Cc1ccc(Sc2cc(C(N)=O)c(N)cc2F)cc1C. The van der Waals surface area contributed by atoms with E-state index in [2.05, 4.69) is 0 Å². The molecule has 0 aliphatic rings. The van der Waals surface area contributed by atoms with Crippen molar-refractivity contribution in [2.45, 2.75) is 23.6 Å². The molecule has 3 nitrogen and oxygen atoms in total. The first-order valence-electron chi connectivity index (χ1n) is 6.02. The first-order chi connectivity index (χ1) is 9.38. The molecular formula is C15H15FN2OS. The van der Waals surface area contributed by atoms with Gasteiger partial charge in [0.15, 0.2) is 0 Å². The van der Waals surface area contributed by atoms with E-state index in [0.717, 1.165) is 16.5 Å². The van der Waals surface area contributed by atoms with Gasteiger partial charge >= 0.3 is 0 Å². The Morgan fingerprint density at radius 2 is 1.85 bits per heavy atom. The van der Waals surface area contributed by atoms with Crippen LogP contribution in [0.3, 0.4) is 0 Å². The summed E-state index contributed by atoms with van der Waals surface area (Å²) in [5.41, 5.74) is 13.3. The van der Waals surface area contributed by atoms with Gasteiger partial charge < -0.3 is 11.5 Å². The van der Waals surface area contributed by atoms with Crippen molar-refractivity contribution in [3.8, 4) is 0 Å². The van der Waals surface area contributed by atoms with Gasteiger partial charge in [0.2, 0.25) is 0 Å². The van der Waals surface area contributed by atoms with Crippen LogP contribution in [0.5, 0.6) is 0 Å². The minimum Gasteiger partial charge on any atom is -0.398 e. The number of anilines is 1. The zero-order valence-corrected chi connectivity index (χ0v) is 12.1. The number of rotatable bonds is 3. The standard InChI is InChI=1S/C15H15FN2OS/c1-8-3-4-10(5-9(8)2)20-14-6-11(15(18)19)13(17)7-12(14)16/h3-7H,17H2,1-2H3,(H2,18,19). The van der Waals surface area contributed by atoms with Crippen LogP contribution in [0.25, 0.3) is 0 Å². The van der Waals surface area contributed by atoms with Gasteiger partial charge in [-0.15, -0.1) is 0 Å². The normalized spacial score (nSPS) is 10.6. The second-order valence-electron chi connectivity index (χ2n) is 4.58. The van der Waals surface area contributed by atoms with Gasteiger partial charge in [0, 0.05) is 15.5 Å². The quantitative estimate of drug-likeness (QED) is 0.852. The monoisotopic (exact) mass is 290 g/mol. The molecule has 1 amide bonds. The van der Waals surface area contributed by atoms with Gasteiger partial charge in [-0.05, 0) is 49.2 Å². The Morgan fingerprint density at radius 3 is 2.45 bits per heavy atom. The van der Waals surface area contributed by atoms with Crippen molar-refractivity contribution in [3.63, 3.8) is 0 Å². The van der Waals surface area contributed by atoms with E-state index in [1.807, 2.05) is 32.0 Å². The third-order valence-electron chi connectivity index (χ3n) is 3.08. The number of amides is 1. The van der Waals surface area contributed by atoms with Crippen LogP contribution in [0.2, 0.25) is 0 Å². The Labute approximate surface area is 121 Å². The zero-order chi connectivity index (χ0) is 14.9. The molecule has 0 heterocycles. The number of nitrogen functional groups attached to an aromatic ring is 1. The third-order valence-corrected chi connectivity index (χ3v) is 4.10. The molecule has 0 atom stereocenters. The van der Waals surface area contributed by atoms with Gasteiger partial charge in [-0.25, -0.2) is 4.39 Å². The van der Waals surface area contributed by atoms with Gasteiger partial charge in [-0.2, -0.15) is 0 Å². The summed E-state index contributed by atoms with van der Waals surface area (Å²) >= 11 is 1.24. The molecule has 2 aromatic carbocycles. The third kappa shape index (κ3) is 2.93. The van der Waals surface area contributed by atoms with Crippen molar-refractivity contribution in [1.82, 2.24) is 0 Å². The van der Waals surface area contributed by atoms with E-state index in [4.69, 9.17) is 11.5 Å². The van der Waals surface area contributed by atoms with Crippen molar-refractivity contribution < 1.29 is 9.18 Å². The van der Waals surface area contributed by atoms with Crippen molar-refractivity contribution in [2.75, 3.05) is 5.73 Å². The lowest BCUT2D eigenvalue weighted by Gasteiger charge is -2.09. The van der Waals surface area contributed by atoms with Gasteiger partial charge in [-0.1, -0.05) is 17.8 Å². The highest BCUT2D eigenvalue weighted by molar-refractivity contribution is 7.99. The molecule has 0 bridgehead atoms. The van der Waals surface area contributed by atoms with Gasteiger partial charge in [-0.3, -0.25) is 4.79 Å². The van der Waals surface area contributed by atoms with Crippen LogP contribution in [0.1, 0.15) is 21.5 Å². The molecule has 0 aliphatic carbocycles. The fraction of sp³-hybridized carbons (Fsp3) is 0.133. The van der Waals surface area contributed by atoms with E-state index in [-0.39, 0.29) is 11.3 Å². The van der Waals surface area contributed by atoms with E-state index in [9.17, 15) is 9.18 Å². The number of hydrogen-bond donors (Lipinski definition) is 2. The number of aryl methyl sites for hydroxylation is 2. The Hall–Kier alpha value is -2.01. The zero-order valence-electron chi connectivity index (χ0n) is 11.2. The lowest BCUT2D eigenvalue weighted by Crippen LogP contribution is -2.14. The average Bonchev–Trinajstić information content (AvgIpc) is 2.36. The fourth-order valence-corrected chi connectivity index (χ4v) is 2.72. The summed E-state index contributed by atoms with van der Waals surface area (Å²) < 4.78 is 13.9.